The van der Waals surface area contributed by atoms with Crippen LogP contribution in [-0.2, 0) is 17.6 Å². The standard InChI is InChI=1S/C23H29N5O3S2/c1-12(2)19-26-27-22(31-19)24-17(29)11-32-23-25-20-18(15-9-8-13(3)10-16(15)33-20)21(30)28(23)14-6-4-5-7-14/h12-14H,4-11H2,1-3H3,(H,24,27,29). The summed E-state index contributed by atoms with van der Waals surface area (Å²) in [7, 11) is 0. The lowest BCUT2D eigenvalue weighted by molar-refractivity contribution is -0.113. The van der Waals surface area contributed by atoms with Crippen LogP contribution in [0.1, 0.15) is 81.2 Å². The number of rotatable bonds is 6. The molecular formula is C23H29N5O3S2. The minimum absolute atomic E-state index is 0.0698. The number of nitrogens with one attached hydrogen (secondary N) is 1. The van der Waals surface area contributed by atoms with Crippen LogP contribution < -0.4 is 10.9 Å². The number of carbonyl (C=O) groups is 1. The third kappa shape index (κ3) is 4.47. The molecule has 2 aliphatic rings. The average molecular weight is 488 g/mol. The Hall–Kier alpha value is -2.20. The van der Waals surface area contributed by atoms with Crippen LogP contribution in [0.2, 0.25) is 0 Å². The number of anilines is 1. The molecule has 1 saturated carbocycles. The van der Waals surface area contributed by atoms with Crippen molar-refractivity contribution in [2.24, 2.45) is 5.92 Å². The number of nitrogens with zero attached hydrogens (tertiary/aromatic N) is 4. The third-order valence-corrected chi connectivity index (χ3v) is 8.63. The van der Waals surface area contributed by atoms with Gasteiger partial charge >= 0.3 is 6.01 Å². The summed E-state index contributed by atoms with van der Waals surface area (Å²) in [5.41, 5.74) is 1.28. The normalized spacial score (nSPS) is 18.8. The van der Waals surface area contributed by atoms with E-state index in [0.717, 1.165) is 55.2 Å². The number of fused-ring (bicyclic) bond motifs is 3. The van der Waals surface area contributed by atoms with Gasteiger partial charge in [-0.05, 0) is 43.6 Å². The molecule has 1 fully saturated rings. The first-order chi connectivity index (χ1) is 15.9. The van der Waals surface area contributed by atoms with Gasteiger partial charge in [0.25, 0.3) is 5.56 Å². The summed E-state index contributed by atoms with van der Waals surface area (Å²) in [6, 6.07) is 0.253. The van der Waals surface area contributed by atoms with Crippen LogP contribution >= 0.6 is 23.1 Å². The number of thiophene rings is 1. The lowest BCUT2D eigenvalue weighted by atomic mass is 9.89. The predicted octanol–water partition coefficient (Wildman–Crippen LogP) is 4.94. The van der Waals surface area contributed by atoms with Crippen molar-refractivity contribution in [3.63, 3.8) is 0 Å². The fourth-order valence-electron chi connectivity index (χ4n) is 4.77. The maximum Gasteiger partial charge on any atom is 0.322 e. The predicted molar refractivity (Wildman–Crippen MR) is 130 cm³/mol. The molecule has 2 aliphatic carbocycles. The number of carbonyl (C=O) groups excluding carboxylic acids is 1. The summed E-state index contributed by atoms with van der Waals surface area (Å²) in [5.74, 6) is 1.07. The highest BCUT2D eigenvalue weighted by Gasteiger charge is 2.28. The molecule has 3 aromatic rings. The van der Waals surface area contributed by atoms with E-state index >= 15 is 0 Å². The van der Waals surface area contributed by atoms with E-state index in [0.29, 0.717) is 17.0 Å². The fourth-order valence-corrected chi connectivity index (χ4v) is 7.06. The molecule has 10 heteroatoms. The van der Waals surface area contributed by atoms with E-state index < -0.39 is 0 Å². The van der Waals surface area contributed by atoms with Crippen molar-refractivity contribution in [1.29, 1.82) is 0 Å². The van der Waals surface area contributed by atoms with Crippen LogP contribution in [0, 0.1) is 5.92 Å². The highest BCUT2D eigenvalue weighted by molar-refractivity contribution is 7.99. The Kier molecular flexibility index (Phi) is 6.30. The number of aromatic nitrogens is 4. The number of hydrogen-bond acceptors (Lipinski definition) is 8. The molecule has 3 heterocycles. The number of amides is 1. The molecule has 0 spiro atoms. The second-order valence-electron chi connectivity index (χ2n) is 9.48. The van der Waals surface area contributed by atoms with E-state index in [1.807, 2.05) is 18.4 Å². The molecule has 0 bridgehead atoms. The topological polar surface area (TPSA) is 103 Å². The van der Waals surface area contributed by atoms with Crippen molar-refractivity contribution >= 4 is 45.2 Å². The van der Waals surface area contributed by atoms with E-state index in [9.17, 15) is 9.59 Å². The Labute approximate surface area is 200 Å². The van der Waals surface area contributed by atoms with Crippen molar-refractivity contribution in [1.82, 2.24) is 19.7 Å². The number of aryl methyl sites for hydroxylation is 1. The van der Waals surface area contributed by atoms with Gasteiger partial charge in [-0.1, -0.05) is 50.5 Å². The molecule has 8 nitrogen and oxygen atoms in total. The van der Waals surface area contributed by atoms with Gasteiger partial charge in [0.05, 0.1) is 11.1 Å². The second-order valence-corrected chi connectivity index (χ2v) is 11.5. The Bertz CT molecular complexity index is 1240. The first-order valence-corrected chi connectivity index (χ1v) is 13.5. The summed E-state index contributed by atoms with van der Waals surface area (Å²) in [6.07, 6.45) is 7.30. The van der Waals surface area contributed by atoms with Crippen molar-refractivity contribution in [3.8, 4) is 0 Å². The molecule has 3 aromatic heterocycles. The first-order valence-electron chi connectivity index (χ1n) is 11.7. The van der Waals surface area contributed by atoms with Crippen LogP contribution in [0.5, 0.6) is 0 Å². The summed E-state index contributed by atoms with van der Waals surface area (Å²) in [6.45, 7) is 6.16. The highest BCUT2D eigenvalue weighted by Crippen LogP contribution is 2.38. The molecule has 1 unspecified atom stereocenters. The van der Waals surface area contributed by atoms with Gasteiger partial charge in [-0.2, -0.15) is 0 Å². The molecule has 0 aromatic carbocycles. The second kappa shape index (κ2) is 9.21. The zero-order chi connectivity index (χ0) is 23.1. The van der Waals surface area contributed by atoms with Gasteiger partial charge in [0, 0.05) is 16.8 Å². The van der Waals surface area contributed by atoms with Gasteiger partial charge in [-0.15, -0.1) is 16.4 Å². The fraction of sp³-hybridized carbons (Fsp3) is 0.609. The van der Waals surface area contributed by atoms with E-state index in [1.54, 1.807) is 11.3 Å². The SMILES string of the molecule is CC1CCc2c(sc3nc(SCC(=O)Nc4nnc(C(C)C)o4)n(C4CCCC4)c(=O)c23)C1. The van der Waals surface area contributed by atoms with Crippen LogP contribution in [0.15, 0.2) is 14.4 Å². The lowest BCUT2D eigenvalue weighted by Crippen LogP contribution is -2.27. The molecule has 1 N–H and O–H groups in total. The van der Waals surface area contributed by atoms with Gasteiger partial charge in [0.2, 0.25) is 11.8 Å². The Morgan fingerprint density at radius 3 is 2.79 bits per heavy atom. The Balaban J connectivity index is 1.43. The van der Waals surface area contributed by atoms with Gasteiger partial charge < -0.3 is 4.42 Å². The largest absolute Gasteiger partial charge is 0.408 e. The van der Waals surface area contributed by atoms with E-state index in [4.69, 9.17) is 9.40 Å². The van der Waals surface area contributed by atoms with E-state index in [-0.39, 0.29) is 35.2 Å². The molecule has 0 radical (unpaired) electrons. The number of thioether (sulfide) groups is 1. The van der Waals surface area contributed by atoms with Crippen molar-refractivity contribution < 1.29 is 9.21 Å². The maximum atomic E-state index is 13.7. The van der Waals surface area contributed by atoms with E-state index in [2.05, 4.69) is 22.4 Å². The minimum atomic E-state index is -0.259. The van der Waals surface area contributed by atoms with Gasteiger partial charge in [-0.25, -0.2) is 4.98 Å². The first kappa shape index (κ1) is 22.6. The van der Waals surface area contributed by atoms with Crippen LogP contribution in [0.25, 0.3) is 10.2 Å². The summed E-state index contributed by atoms with van der Waals surface area (Å²) < 4.78 is 7.35. The Morgan fingerprint density at radius 1 is 1.27 bits per heavy atom. The van der Waals surface area contributed by atoms with Crippen molar-refractivity contribution in [3.05, 3.63) is 26.7 Å². The number of hydrogen-bond donors (Lipinski definition) is 1. The molecule has 0 aliphatic heterocycles. The third-order valence-electron chi connectivity index (χ3n) is 6.53. The highest BCUT2D eigenvalue weighted by atomic mass is 32.2. The summed E-state index contributed by atoms with van der Waals surface area (Å²) >= 11 is 2.96. The van der Waals surface area contributed by atoms with Gasteiger partial charge in [0.15, 0.2) is 5.16 Å². The lowest BCUT2D eigenvalue weighted by Gasteiger charge is -2.19. The molecule has 33 heavy (non-hydrogen) atoms. The van der Waals surface area contributed by atoms with Crippen molar-refractivity contribution in [2.45, 2.75) is 82.8 Å². The smallest absolute Gasteiger partial charge is 0.322 e. The minimum Gasteiger partial charge on any atom is -0.408 e. The maximum absolute atomic E-state index is 13.7. The zero-order valence-corrected chi connectivity index (χ0v) is 20.9. The van der Waals surface area contributed by atoms with E-state index in [1.165, 1.54) is 22.2 Å². The molecular weight excluding hydrogens is 458 g/mol. The molecule has 5 rings (SSSR count). The molecule has 1 amide bonds. The monoisotopic (exact) mass is 487 g/mol. The average Bonchev–Trinajstić information content (AvgIpc) is 3.51. The summed E-state index contributed by atoms with van der Waals surface area (Å²) in [5, 5.41) is 11.9. The Morgan fingerprint density at radius 2 is 2.06 bits per heavy atom. The van der Waals surface area contributed by atoms with Crippen LogP contribution in [-0.4, -0.2) is 31.4 Å². The van der Waals surface area contributed by atoms with Gasteiger partial charge in [0.1, 0.15) is 4.83 Å². The molecule has 176 valence electrons. The quantitative estimate of drug-likeness (QED) is 0.388. The van der Waals surface area contributed by atoms with Crippen molar-refractivity contribution in [2.75, 3.05) is 11.1 Å². The van der Waals surface area contributed by atoms with Crippen LogP contribution in [0.4, 0.5) is 6.01 Å². The zero-order valence-electron chi connectivity index (χ0n) is 19.2. The van der Waals surface area contributed by atoms with Gasteiger partial charge in [-0.3, -0.25) is 19.5 Å². The van der Waals surface area contributed by atoms with Crippen LogP contribution in [0.3, 0.4) is 0 Å². The molecule has 0 saturated heterocycles. The summed E-state index contributed by atoms with van der Waals surface area (Å²) in [4.78, 5) is 33.4. The molecule has 1 atom stereocenters.